The first-order valence-electron chi connectivity index (χ1n) is 8.01. The van der Waals surface area contributed by atoms with E-state index in [9.17, 15) is 13.2 Å². The van der Waals surface area contributed by atoms with E-state index in [1.807, 2.05) is 0 Å². The highest BCUT2D eigenvalue weighted by Crippen LogP contribution is 2.38. The van der Waals surface area contributed by atoms with Gasteiger partial charge < -0.3 is 5.32 Å². The molecule has 22 heavy (non-hydrogen) atoms. The number of rotatable bonds is 3. The molecule has 1 aliphatic heterocycles. The van der Waals surface area contributed by atoms with Crippen molar-refractivity contribution >= 4 is 5.84 Å². The molecule has 1 heterocycles. The first-order chi connectivity index (χ1) is 10.5. The maximum atomic E-state index is 13.0. The van der Waals surface area contributed by atoms with E-state index in [0.717, 1.165) is 55.7 Å². The Hall–Kier alpha value is -1.52. The summed E-state index contributed by atoms with van der Waals surface area (Å²) in [4.78, 5) is 4.37. The number of alkyl halides is 3. The Balaban J connectivity index is 1.92. The summed E-state index contributed by atoms with van der Waals surface area (Å²) in [5.74, 6) is 1.16. The molecule has 2 nitrogen and oxygen atoms in total. The van der Waals surface area contributed by atoms with Crippen molar-refractivity contribution in [3.8, 4) is 0 Å². The largest absolute Gasteiger partial charge is 0.416 e. The van der Waals surface area contributed by atoms with Gasteiger partial charge in [0.1, 0.15) is 5.84 Å². The van der Waals surface area contributed by atoms with Crippen molar-refractivity contribution in [2.45, 2.75) is 50.6 Å². The number of nitrogens with zero attached hydrogens (tertiary/aromatic N) is 1. The van der Waals surface area contributed by atoms with Gasteiger partial charge in [-0.3, -0.25) is 4.99 Å². The summed E-state index contributed by atoms with van der Waals surface area (Å²) in [7, 11) is 0. The average molecular weight is 310 g/mol. The molecule has 0 amide bonds. The fourth-order valence-electron chi connectivity index (χ4n) is 3.47. The van der Waals surface area contributed by atoms with Gasteiger partial charge in [0.05, 0.1) is 12.1 Å². The van der Waals surface area contributed by atoms with Gasteiger partial charge in [-0.15, -0.1) is 0 Å². The number of halogens is 3. The number of benzene rings is 1. The maximum absolute atomic E-state index is 13.0. The zero-order valence-corrected chi connectivity index (χ0v) is 12.5. The van der Waals surface area contributed by atoms with Gasteiger partial charge in [0.25, 0.3) is 0 Å². The minimum atomic E-state index is -4.27. The third-order valence-electron chi connectivity index (χ3n) is 4.62. The predicted octanol–water partition coefficient (Wildman–Crippen LogP) is 4.30. The third kappa shape index (κ3) is 3.45. The molecular formula is C17H21F3N2. The van der Waals surface area contributed by atoms with Gasteiger partial charge in [-0.2, -0.15) is 13.2 Å². The molecule has 1 N–H and O–H groups in total. The lowest BCUT2D eigenvalue weighted by Gasteiger charge is -2.25. The molecule has 0 saturated heterocycles. The second-order valence-electron chi connectivity index (χ2n) is 6.18. The average Bonchev–Trinajstić information content (AvgIpc) is 3.00. The monoisotopic (exact) mass is 310 g/mol. The summed E-state index contributed by atoms with van der Waals surface area (Å²) in [5, 5.41) is 3.21. The summed E-state index contributed by atoms with van der Waals surface area (Å²) in [6, 6.07) is 4.23. The molecule has 5 heteroatoms. The van der Waals surface area contributed by atoms with Crippen LogP contribution in [0.15, 0.2) is 23.2 Å². The van der Waals surface area contributed by atoms with Crippen molar-refractivity contribution in [1.29, 1.82) is 0 Å². The first-order valence-corrected chi connectivity index (χ1v) is 8.01. The van der Waals surface area contributed by atoms with Gasteiger partial charge in [-0.1, -0.05) is 25.3 Å². The lowest BCUT2D eigenvalue weighted by atomic mass is 9.81. The van der Waals surface area contributed by atoms with Gasteiger partial charge >= 0.3 is 6.18 Å². The molecule has 1 aromatic rings. The van der Waals surface area contributed by atoms with E-state index in [2.05, 4.69) is 10.3 Å². The predicted molar refractivity (Wildman–Crippen MR) is 81.3 cm³/mol. The number of aliphatic imine (C=N–C) groups is 1. The smallest absolute Gasteiger partial charge is 0.372 e. The molecule has 0 radical (unpaired) electrons. The van der Waals surface area contributed by atoms with Crippen LogP contribution >= 0.6 is 0 Å². The van der Waals surface area contributed by atoms with E-state index in [0.29, 0.717) is 6.42 Å². The molecule has 3 rings (SSSR count). The number of hydrogen-bond acceptors (Lipinski definition) is 2. The van der Waals surface area contributed by atoms with E-state index in [-0.39, 0.29) is 5.92 Å². The van der Waals surface area contributed by atoms with Gasteiger partial charge in [-0.05, 0) is 42.0 Å². The van der Waals surface area contributed by atoms with E-state index < -0.39 is 11.7 Å². The fourth-order valence-corrected chi connectivity index (χ4v) is 3.47. The van der Waals surface area contributed by atoms with Crippen LogP contribution in [0.2, 0.25) is 0 Å². The topological polar surface area (TPSA) is 24.4 Å². The van der Waals surface area contributed by atoms with E-state index in [4.69, 9.17) is 0 Å². The molecule has 1 aromatic carbocycles. The molecule has 120 valence electrons. The summed E-state index contributed by atoms with van der Waals surface area (Å²) in [5.41, 5.74) is 1.34. The molecule has 0 spiro atoms. The highest BCUT2D eigenvalue weighted by atomic mass is 19.4. The molecule has 0 atom stereocenters. The van der Waals surface area contributed by atoms with Gasteiger partial charge in [-0.25, -0.2) is 0 Å². The van der Waals surface area contributed by atoms with Crippen LogP contribution in [0.5, 0.6) is 0 Å². The van der Waals surface area contributed by atoms with Gasteiger partial charge in [0.15, 0.2) is 0 Å². The summed E-state index contributed by atoms with van der Waals surface area (Å²) < 4.78 is 39.1. The van der Waals surface area contributed by atoms with Crippen LogP contribution in [0.1, 0.15) is 54.7 Å². The van der Waals surface area contributed by atoms with Crippen molar-refractivity contribution in [1.82, 2.24) is 5.32 Å². The lowest BCUT2D eigenvalue weighted by Crippen LogP contribution is -2.22. The Bertz CT molecular complexity index is 558. The van der Waals surface area contributed by atoms with Crippen molar-refractivity contribution in [3.63, 3.8) is 0 Å². The highest BCUT2D eigenvalue weighted by molar-refractivity contribution is 5.86. The van der Waals surface area contributed by atoms with Crippen LogP contribution < -0.4 is 5.32 Å². The number of hydrogen-bond donors (Lipinski definition) is 1. The molecule has 1 fully saturated rings. The minimum Gasteiger partial charge on any atom is -0.372 e. The Kier molecular flexibility index (Phi) is 4.41. The van der Waals surface area contributed by atoms with Gasteiger partial charge in [0, 0.05) is 13.0 Å². The molecular weight excluding hydrogens is 289 g/mol. The van der Waals surface area contributed by atoms with Crippen LogP contribution in [0.3, 0.4) is 0 Å². The van der Waals surface area contributed by atoms with Crippen molar-refractivity contribution in [2.75, 3.05) is 13.1 Å². The summed E-state index contributed by atoms with van der Waals surface area (Å²) in [6.45, 7) is 1.59. The first kappa shape index (κ1) is 15.4. The number of amidine groups is 1. The summed E-state index contributed by atoms with van der Waals surface area (Å²) in [6.07, 6.45) is 1.75. The molecule has 0 aromatic heterocycles. The molecule has 0 unspecified atom stereocenters. The Labute approximate surface area is 128 Å². The maximum Gasteiger partial charge on any atom is 0.416 e. The second-order valence-corrected chi connectivity index (χ2v) is 6.18. The van der Waals surface area contributed by atoms with E-state index in [1.165, 1.54) is 18.6 Å². The standard InChI is InChI=1S/C17H21F3N2/c18-17(19,20)14-7-6-13(10-16-21-8-9-22-16)15(11-14)12-4-2-1-3-5-12/h6-7,11-12H,1-5,8-10H2,(H,21,22). The van der Waals surface area contributed by atoms with Gasteiger partial charge in [0.2, 0.25) is 0 Å². The Morgan fingerprint density at radius 2 is 1.91 bits per heavy atom. The zero-order valence-electron chi connectivity index (χ0n) is 12.5. The van der Waals surface area contributed by atoms with E-state index in [1.54, 1.807) is 6.07 Å². The van der Waals surface area contributed by atoms with Crippen molar-refractivity contribution in [2.24, 2.45) is 4.99 Å². The quantitative estimate of drug-likeness (QED) is 0.884. The minimum absolute atomic E-state index is 0.257. The molecule has 1 aliphatic carbocycles. The Morgan fingerprint density at radius 1 is 1.14 bits per heavy atom. The van der Waals surface area contributed by atoms with Crippen LogP contribution in [0.25, 0.3) is 0 Å². The number of nitrogens with one attached hydrogen (secondary N) is 1. The second kappa shape index (κ2) is 6.31. The lowest BCUT2D eigenvalue weighted by molar-refractivity contribution is -0.137. The third-order valence-corrected chi connectivity index (χ3v) is 4.62. The molecule has 2 aliphatic rings. The Morgan fingerprint density at radius 3 is 2.55 bits per heavy atom. The summed E-state index contributed by atoms with van der Waals surface area (Å²) >= 11 is 0. The zero-order chi connectivity index (χ0) is 15.6. The van der Waals surface area contributed by atoms with Crippen LogP contribution in [0.4, 0.5) is 13.2 Å². The van der Waals surface area contributed by atoms with Crippen LogP contribution in [0, 0.1) is 0 Å². The molecule has 1 saturated carbocycles. The normalized spacial score (nSPS) is 19.9. The van der Waals surface area contributed by atoms with Crippen molar-refractivity contribution in [3.05, 3.63) is 34.9 Å². The fraction of sp³-hybridized carbons (Fsp3) is 0.588. The van der Waals surface area contributed by atoms with E-state index >= 15 is 0 Å². The van der Waals surface area contributed by atoms with Crippen LogP contribution in [-0.2, 0) is 12.6 Å². The SMILES string of the molecule is FC(F)(F)c1ccc(CC2=NCCN2)c(C2CCCCC2)c1. The van der Waals surface area contributed by atoms with Crippen molar-refractivity contribution < 1.29 is 13.2 Å². The van der Waals surface area contributed by atoms with Crippen LogP contribution in [-0.4, -0.2) is 18.9 Å². The molecule has 0 bridgehead atoms. The highest BCUT2D eigenvalue weighted by Gasteiger charge is 2.32.